The number of guanidine groups is 1. The molecule has 4 heteroatoms. The summed E-state index contributed by atoms with van der Waals surface area (Å²) in [6.07, 6.45) is 2.28. The van der Waals surface area contributed by atoms with Crippen molar-refractivity contribution in [3.63, 3.8) is 0 Å². The predicted molar refractivity (Wildman–Crippen MR) is 86.1 cm³/mol. The van der Waals surface area contributed by atoms with E-state index >= 15 is 0 Å². The van der Waals surface area contributed by atoms with Crippen molar-refractivity contribution in [2.24, 2.45) is 10.9 Å². The van der Waals surface area contributed by atoms with E-state index in [4.69, 9.17) is 0 Å². The summed E-state index contributed by atoms with van der Waals surface area (Å²) in [7, 11) is 1.79. The quantitative estimate of drug-likeness (QED) is 0.646. The van der Waals surface area contributed by atoms with Gasteiger partial charge in [-0.05, 0) is 43.4 Å². The van der Waals surface area contributed by atoms with Crippen LogP contribution in [0.5, 0.6) is 0 Å². The Bertz CT molecular complexity index is 489. The smallest absolute Gasteiger partial charge is 0.191 e. The van der Waals surface area contributed by atoms with Gasteiger partial charge in [-0.3, -0.25) is 4.99 Å². The minimum Gasteiger partial charge on any atom is -0.356 e. The van der Waals surface area contributed by atoms with Gasteiger partial charge in [0.15, 0.2) is 5.96 Å². The van der Waals surface area contributed by atoms with Crippen LogP contribution in [0.2, 0.25) is 0 Å². The third-order valence-corrected chi connectivity index (χ3v) is 4.49. The van der Waals surface area contributed by atoms with E-state index in [1.165, 1.54) is 5.56 Å². The molecular weight excluding hydrogens is 265 g/mol. The van der Waals surface area contributed by atoms with Crippen molar-refractivity contribution in [3.8, 4) is 0 Å². The van der Waals surface area contributed by atoms with E-state index in [0.717, 1.165) is 25.3 Å². The molecule has 0 saturated heterocycles. The highest BCUT2D eigenvalue weighted by molar-refractivity contribution is 5.80. The first-order chi connectivity index (χ1) is 9.97. The molecule has 116 valence electrons. The minimum absolute atomic E-state index is 0.145. The van der Waals surface area contributed by atoms with Gasteiger partial charge in [0.2, 0.25) is 0 Å². The monoisotopic (exact) mass is 291 g/mol. The zero-order valence-electron chi connectivity index (χ0n) is 13.4. The van der Waals surface area contributed by atoms with E-state index in [9.17, 15) is 4.39 Å². The lowest BCUT2D eigenvalue weighted by molar-refractivity contribution is 0.479. The second-order valence-electron chi connectivity index (χ2n) is 6.39. The largest absolute Gasteiger partial charge is 0.356 e. The van der Waals surface area contributed by atoms with Crippen LogP contribution >= 0.6 is 0 Å². The molecule has 1 aromatic rings. The van der Waals surface area contributed by atoms with Gasteiger partial charge in [-0.15, -0.1) is 0 Å². The Labute approximate surface area is 127 Å². The number of hydrogen-bond acceptors (Lipinski definition) is 1. The lowest BCUT2D eigenvalue weighted by atomic mass is 9.96. The maximum Gasteiger partial charge on any atom is 0.191 e. The van der Waals surface area contributed by atoms with Gasteiger partial charge >= 0.3 is 0 Å². The third kappa shape index (κ3) is 3.96. The molecule has 0 spiro atoms. The molecule has 0 heterocycles. The van der Waals surface area contributed by atoms with Gasteiger partial charge in [-0.25, -0.2) is 4.39 Å². The van der Waals surface area contributed by atoms with Crippen molar-refractivity contribution in [2.45, 2.75) is 45.1 Å². The first-order valence-corrected chi connectivity index (χ1v) is 7.70. The highest BCUT2D eigenvalue weighted by atomic mass is 19.1. The van der Waals surface area contributed by atoms with Crippen LogP contribution in [-0.2, 0) is 5.41 Å². The van der Waals surface area contributed by atoms with Crippen molar-refractivity contribution in [2.75, 3.05) is 13.6 Å². The molecule has 0 bridgehead atoms. The SMILES string of the molecule is CN=C(NCC1(c2ccc(F)cc2)CC1)NC(C)C(C)C. The van der Waals surface area contributed by atoms with Gasteiger partial charge in [-0.2, -0.15) is 0 Å². The lowest BCUT2D eigenvalue weighted by Gasteiger charge is -2.23. The summed E-state index contributed by atoms with van der Waals surface area (Å²) < 4.78 is 13.0. The van der Waals surface area contributed by atoms with Crippen LogP contribution in [0, 0.1) is 11.7 Å². The number of aliphatic imine (C=N–C) groups is 1. The molecule has 1 fully saturated rings. The third-order valence-electron chi connectivity index (χ3n) is 4.49. The maximum absolute atomic E-state index is 13.0. The maximum atomic E-state index is 13.0. The van der Waals surface area contributed by atoms with Crippen LogP contribution in [0.1, 0.15) is 39.2 Å². The average molecular weight is 291 g/mol. The average Bonchev–Trinajstić information content (AvgIpc) is 3.24. The fraction of sp³-hybridized carbons (Fsp3) is 0.588. The first kappa shape index (κ1) is 15.8. The number of nitrogens with zero attached hydrogens (tertiary/aromatic N) is 1. The van der Waals surface area contributed by atoms with Gasteiger partial charge in [0.05, 0.1) is 0 Å². The van der Waals surface area contributed by atoms with E-state index in [0.29, 0.717) is 12.0 Å². The summed E-state index contributed by atoms with van der Waals surface area (Å²) >= 11 is 0. The molecule has 1 unspecified atom stereocenters. The molecular formula is C17H26FN3. The zero-order chi connectivity index (χ0) is 15.5. The molecule has 2 rings (SSSR count). The Hall–Kier alpha value is -1.58. The molecule has 0 radical (unpaired) electrons. The number of rotatable bonds is 5. The Kier molecular flexibility index (Phi) is 4.86. The molecule has 1 saturated carbocycles. The second kappa shape index (κ2) is 6.46. The van der Waals surface area contributed by atoms with Crippen molar-refractivity contribution in [1.29, 1.82) is 0 Å². The zero-order valence-corrected chi connectivity index (χ0v) is 13.4. The van der Waals surface area contributed by atoms with E-state index in [1.807, 2.05) is 12.1 Å². The highest BCUT2D eigenvalue weighted by Crippen LogP contribution is 2.47. The molecule has 3 nitrogen and oxygen atoms in total. The van der Waals surface area contributed by atoms with Crippen molar-refractivity contribution in [1.82, 2.24) is 10.6 Å². The predicted octanol–water partition coefficient (Wildman–Crippen LogP) is 3.07. The number of benzene rings is 1. The topological polar surface area (TPSA) is 36.4 Å². The van der Waals surface area contributed by atoms with E-state index in [2.05, 4.69) is 36.4 Å². The van der Waals surface area contributed by atoms with Gasteiger partial charge in [0, 0.05) is 25.0 Å². The van der Waals surface area contributed by atoms with Crippen LogP contribution in [0.4, 0.5) is 4.39 Å². The van der Waals surface area contributed by atoms with Crippen molar-refractivity contribution < 1.29 is 4.39 Å². The Morgan fingerprint density at radius 1 is 1.24 bits per heavy atom. The summed E-state index contributed by atoms with van der Waals surface area (Å²) in [6, 6.07) is 7.26. The molecule has 21 heavy (non-hydrogen) atoms. The summed E-state index contributed by atoms with van der Waals surface area (Å²) in [6.45, 7) is 7.37. The fourth-order valence-electron chi connectivity index (χ4n) is 2.35. The van der Waals surface area contributed by atoms with E-state index < -0.39 is 0 Å². The van der Waals surface area contributed by atoms with Crippen molar-refractivity contribution in [3.05, 3.63) is 35.6 Å². The summed E-state index contributed by atoms with van der Waals surface area (Å²) in [5.41, 5.74) is 1.36. The molecule has 0 aromatic heterocycles. The number of hydrogen-bond donors (Lipinski definition) is 2. The van der Waals surface area contributed by atoms with Gasteiger partial charge in [0.25, 0.3) is 0 Å². The summed E-state index contributed by atoms with van der Waals surface area (Å²) in [5, 5.41) is 6.82. The highest BCUT2D eigenvalue weighted by Gasteiger charge is 2.44. The molecule has 2 N–H and O–H groups in total. The van der Waals surface area contributed by atoms with Crippen LogP contribution in [0.25, 0.3) is 0 Å². The Morgan fingerprint density at radius 3 is 2.33 bits per heavy atom. The van der Waals surface area contributed by atoms with Gasteiger partial charge in [-0.1, -0.05) is 26.0 Å². The normalized spacial score (nSPS) is 18.5. The fourth-order valence-corrected chi connectivity index (χ4v) is 2.35. The van der Waals surface area contributed by atoms with Crippen molar-refractivity contribution >= 4 is 5.96 Å². The van der Waals surface area contributed by atoms with E-state index in [-0.39, 0.29) is 11.2 Å². The van der Waals surface area contributed by atoms with Crippen LogP contribution < -0.4 is 10.6 Å². The van der Waals surface area contributed by atoms with E-state index in [1.54, 1.807) is 19.2 Å². The van der Waals surface area contributed by atoms with Gasteiger partial charge in [0.1, 0.15) is 5.82 Å². The molecule has 0 aliphatic heterocycles. The standard InChI is InChI=1S/C17H26FN3/c1-12(2)13(3)21-16(19-4)20-11-17(9-10-17)14-5-7-15(18)8-6-14/h5-8,12-13H,9-11H2,1-4H3,(H2,19,20,21). The van der Waals surface area contributed by atoms with Gasteiger partial charge < -0.3 is 10.6 Å². The van der Waals surface area contributed by atoms with Crippen LogP contribution in [0.3, 0.4) is 0 Å². The van der Waals surface area contributed by atoms with Crippen LogP contribution in [-0.4, -0.2) is 25.6 Å². The summed E-state index contributed by atoms with van der Waals surface area (Å²) in [5.74, 6) is 1.21. The Morgan fingerprint density at radius 2 is 1.86 bits per heavy atom. The first-order valence-electron chi connectivity index (χ1n) is 7.70. The molecule has 1 aliphatic carbocycles. The molecule has 1 atom stereocenters. The second-order valence-corrected chi connectivity index (χ2v) is 6.39. The van der Waals surface area contributed by atoms with Crippen LogP contribution in [0.15, 0.2) is 29.3 Å². The summed E-state index contributed by atoms with van der Waals surface area (Å²) in [4.78, 5) is 4.28. The Balaban J connectivity index is 1.94. The minimum atomic E-state index is -0.175. The number of halogens is 1. The molecule has 1 aliphatic rings. The lowest BCUT2D eigenvalue weighted by Crippen LogP contribution is -2.46. The molecule has 0 amide bonds. The number of nitrogens with one attached hydrogen (secondary N) is 2. The molecule has 1 aromatic carbocycles.